The standard InChI is InChI=1S/C20H24N6/c1-2-5-16(6-3-1)11-21-20-22-12-17(13-23-20)14-26-10-4-7-18(15-26)19-8-9-24-25-19/h1-3,5-6,8-9,12-13,18H,4,7,10-11,14-15H2,(H,24,25)(H,21,22,23). The summed E-state index contributed by atoms with van der Waals surface area (Å²) in [6.07, 6.45) is 8.13. The molecule has 1 fully saturated rings. The van der Waals surface area contributed by atoms with Gasteiger partial charge >= 0.3 is 0 Å². The lowest BCUT2D eigenvalue weighted by Gasteiger charge is -2.32. The third-order valence-corrected chi connectivity index (χ3v) is 4.87. The Hall–Kier alpha value is -2.73. The first kappa shape index (κ1) is 16.7. The average molecular weight is 348 g/mol. The van der Waals surface area contributed by atoms with Crippen molar-refractivity contribution < 1.29 is 0 Å². The first-order chi connectivity index (χ1) is 12.9. The molecular formula is C20H24N6. The normalized spacial score (nSPS) is 17.9. The van der Waals surface area contributed by atoms with Gasteiger partial charge in [0.2, 0.25) is 5.95 Å². The zero-order valence-electron chi connectivity index (χ0n) is 14.8. The highest BCUT2D eigenvalue weighted by atomic mass is 15.2. The van der Waals surface area contributed by atoms with Gasteiger partial charge in [0.05, 0.1) is 0 Å². The lowest BCUT2D eigenvalue weighted by atomic mass is 9.95. The van der Waals surface area contributed by atoms with E-state index in [0.29, 0.717) is 11.9 Å². The van der Waals surface area contributed by atoms with Crippen LogP contribution in [0.4, 0.5) is 5.95 Å². The molecule has 2 aromatic heterocycles. The van der Waals surface area contributed by atoms with E-state index in [-0.39, 0.29) is 0 Å². The Balaban J connectivity index is 1.31. The second-order valence-corrected chi connectivity index (χ2v) is 6.84. The fraction of sp³-hybridized carbons (Fsp3) is 0.350. The molecule has 0 amide bonds. The van der Waals surface area contributed by atoms with E-state index in [0.717, 1.165) is 31.7 Å². The van der Waals surface area contributed by atoms with Gasteiger partial charge in [-0.15, -0.1) is 0 Å². The Morgan fingerprint density at radius 3 is 2.69 bits per heavy atom. The minimum absolute atomic E-state index is 0.541. The number of likely N-dealkylation sites (tertiary alicyclic amines) is 1. The lowest BCUT2D eigenvalue weighted by Crippen LogP contribution is -2.34. The van der Waals surface area contributed by atoms with Crippen molar-refractivity contribution in [1.82, 2.24) is 25.1 Å². The number of piperidine rings is 1. The maximum absolute atomic E-state index is 4.46. The molecule has 1 aliphatic rings. The number of aromatic amines is 1. The number of nitrogens with zero attached hydrogens (tertiary/aromatic N) is 4. The van der Waals surface area contributed by atoms with Crippen molar-refractivity contribution >= 4 is 5.95 Å². The van der Waals surface area contributed by atoms with Crippen LogP contribution in [0.2, 0.25) is 0 Å². The van der Waals surface area contributed by atoms with Crippen LogP contribution in [0.15, 0.2) is 55.0 Å². The maximum atomic E-state index is 4.46. The van der Waals surface area contributed by atoms with Crippen LogP contribution < -0.4 is 5.32 Å². The van der Waals surface area contributed by atoms with Gasteiger partial charge in [-0.25, -0.2) is 9.97 Å². The number of nitrogens with one attached hydrogen (secondary N) is 2. The van der Waals surface area contributed by atoms with Crippen LogP contribution in [-0.2, 0) is 13.1 Å². The second kappa shape index (κ2) is 8.10. The summed E-state index contributed by atoms with van der Waals surface area (Å²) < 4.78 is 0. The number of rotatable bonds is 6. The van der Waals surface area contributed by atoms with Gasteiger partial charge < -0.3 is 5.32 Å². The van der Waals surface area contributed by atoms with Gasteiger partial charge in [-0.2, -0.15) is 5.10 Å². The molecule has 1 saturated heterocycles. The van der Waals surface area contributed by atoms with Gasteiger partial charge in [0, 0.05) is 55.4 Å². The van der Waals surface area contributed by atoms with E-state index in [1.807, 2.05) is 36.8 Å². The van der Waals surface area contributed by atoms with Crippen molar-refractivity contribution in [3.63, 3.8) is 0 Å². The first-order valence-corrected chi connectivity index (χ1v) is 9.17. The molecule has 0 spiro atoms. The smallest absolute Gasteiger partial charge is 0.222 e. The van der Waals surface area contributed by atoms with E-state index in [1.165, 1.54) is 24.1 Å². The molecule has 1 aliphatic heterocycles. The molecule has 6 nitrogen and oxygen atoms in total. The van der Waals surface area contributed by atoms with E-state index in [1.54, 1.807) is 0 Å². The predicted molar refractivity (Wildman–Crippen MR) is 102 cm³/mol. The molecule has 1 aromatic carbocycles. The lowest BCUT2D eigenvalue weighted by molar-refractivity contribution is 0.198. The Morgan fingerprint density at radius 2 is 1.92 bits per heavy atom. The molecule has 0 saturated carbocycles. The molecule has 134 valence electrons. The summed E-state index contributed by atoms with van der Waals surface area (Å²) in [6.45, 7) is 3.80. The van der Waals surface area contributed by atoms with Crippen LogP contribution in [0.5, 0.6) is 0 Å². The summed E-state index contributed by atoms with van der Waals surface area (Å²) in [5.74, 6) is 1.21. The van der Waals surface area contributed by atoms with Crippen LogP contribution in [-0.4, -0.2) is 38.2 Å². The quantitative estimate of drug-likeness (QED) is 0.716. The van der Waals surface area contributed by atoms with Crippen molar-refractivity contribution in [2.45, 2.75) is 31.8 Å². The fourth-order valence-corrected chi connectivity index (χ4v) is 3.51. The molecule has 6 heteroatoms. The van der Waals surface area contributed by atoms with Gasteiger partial charge in [0.25, 0.3) is 0 Å². The van der Waals surface area contributed by atoms with Gasteiger partial charge in [-0.3, -0.25) is 10.00 Å². The van der Waals surface area contributed by atoms with Crippen molar-refractivity contribution in [2.75, 3.05) is 18.4 Å². The predicted octanol–water partition coefficient (Wildman–Crippen LogP) is 3.19. The molecule has 3 heterocycles. The Morgan fingerprint density at radius 1 is 1.08 bits per heavy atom. The van der Waals surface area contributed by atoms with E-state index >= 15 is 0 Å². The summed E-state index contributed by atoms with van der Waals surface area (Å²) in [6, 6.07) is 12.4. The molecule has 3 aromatic rings. The molecule has 0 aliphatic carbocycles. The van der Waals surface area contributed by atoms with E-state index in [2.05, 4.69) is 48.6 Å². The largest absolute Gasteiger partial charge is 0.350 e. The maximum Gasteiger partial charge on any atom is 0.222 e. The Kier molecular flexibility index (Phi) is 5.21. The summed E-state index contributed by atoms with van der Waals surface area (Å²) in [5, 5.41) is 10.5. The fourth-order valence-electron chi connectivity index (χ4n) is 3.51. The van der Waals surface area contributed by atoms with Crippen molar-refractivity contribution in [1.29, 1.82) is 0 Å². The average Bonchev–Trinajstić information content (AvgIpc) is 3.23. The van der Waals surface area contributed by atoms with Crippen molar-refractivity contribution in [3.8, 4) is 0 Å². The number of H-pyrrole nitrogens is 1. The number of hydrogen-bond acceptors (Lipinski definition) is 5. The Labute approximate surface area is 153 Å². The summed E-state index contributed by atoms with van der Waals surface area (Å²) in [7, 11) is 0. The van der Waals surface area contributed by atoms with Gasteiger partial charge in [0.1, 0.15) is 0 Å². The minimum atomic E-state index is 0.541. The van der Waals surface area contributed by atoms with Gasteiger partial charge in [-0.1, -0.05) is 30.3 Å². The molecule has 1 unspecified atom stereocenters. The molecule has 1 atom stereocenters. The highest BCUT2D eigenvalue weighted by molar-refractivity contribution is 5.28. The van der Waals surface area contributed by atoms with Crippen LogP contribution in [0.3, 0.4) is 0 Å². The van der Waals surface area contributed by atoms with Crippen LogP contribution in [0, 0.1) is 0 Å². The molecule has 2 N–H and O–H groups in total. The van der Waals surface area contributed by atoms with Crippen LogP contribution in [0.1, 0.15) is 35.6 Å². The summed E-state index contributed by atoms with van der Waals surface area (Å²) in [5.41, 5.74) is 3.62. The molecular weight excluding hydrogens is 324 g/mol. The third-order valence-electron chi connectivity index (χ3n) is 4.87. The van der Waals surface area contributed by atoms with Crippen LogP contribution >= 0.6 is 0 Å². The van der Waals surface area contributed by atoms with Gasteiger partial charge in [0.15, 0.2) is 0 Å². The number of hydrogen-bond donors (Lipinski definition) is 2. The van der Waals surface area contributed by atoms with E-state index < -0.39 is 0 Å². The Bertz CT molecular complexity index is 785. The second-order valence-electron chi connectivity index (χ2n) is 6.84. The van der Waals surface area contributed by atoms with E-state index in [9.17, 15) is 0 Å². The monoisotopic (exact) mass is 348 g/mol. The highest BCUT2D eigenvalue weighted by Crippen LogP contribution is 2.26. The topological polar surface area (TPSA) is 69.7 Å². The molecule has 26 heavy (non-hydrogen) atoms. The first-order valence-electron chi connectivity index (χ1n) is 9.17. The molecule has 0 radical (unpaired) electrons. The number of aromatic nitrogens is 4. The molecule has 4 rings (SSSR count). The minimum Gasteiger partial charge on any atom is -0.350 e. The zero-order valence-corrected chi connectivity index (χ0v) is 14.8. The molecule has 0 bridgehead atoms. The van der Waals surface area contributed by atoms with Crippen molar-refractivity contribution in [2.24, 2.45) is 0 Å². The highest BCUT2D eigenvalue weighted by Gasteiger charge is 2.22. The summed E-state index contributed by atoms with van der Waals surface area (Å²) in [4.78, 5) is 11.4. The summed E-state index contributed by atoms with van der Waals surface area (Å²) >= 11 is 0. The number of anilines is 1. The van der Waals surface area contributed by atoms with Crippen LogP contribution in [0.25, 0.3) is 0 Å². The van der Waals surface area contributed by atoms with E-state index in [4.69, 9.17) is 0 Å². The SMILES string of the molecule is c1ccc(CNc2ncc(CN3CCCC(c4ccn[nH]4)C3)cn2)cc1. The zero-order chi connectivity index (χ0) is 17.6. The van der Waals surface area contributed by atoms with Crippen molar-refractivity contribution in [3.05, 3.63) is 71.8 Å². The number of benzene rings is 1. The van der Waals surface area contributed by atoms with Gasteiger partial charge in [-0.05, 0) is 31.0 Å². The third kappa shape index (κ3) is 4.26.